The van der Waals surface area contributed by atoms with Crippen molar-refractivity contribution in [3.8, 4) is 0 Å². The maximum atomic E-state index is 11.2. The molecular weight excluding hydrogens is 200 g/mol. The Bertz CT molecular complexity index is 370. The molecule has 1 rings (SSSR count). The molecule has 0 aliphatic heterocycles. The Kier molecular flexibility index (Phi) is 3.43. The van der Waals surface area contributed by atoms with Gasteiger partial charge >= 0.3 is 5.97 Å². The van der Waals surface area contributed by atoms with Crippen molar-refractivity contribution in [2.75, 3.05) is 0 Å². The zero-order chi connectivity index (χ0) is 11.4. The maximum Gasteiger partial charge on any atom is 0.326 e. The van der Waals surface area contributed by atoms with Crippen molar-refractivity contribution in [2.45, 2.75) is 26.5 Å². The molecule has 6 heteroatoms. The molecule has 0 spiro atoms. The van der Waals surface area contributed by atoms with E-state index < -0.39 is 10.9 Å². The van der Waals surface area contributed by atoms with E-state index in [4.69, 9.17) is 4.74 Å². The Morgan fingerprint density at radius 1 is 1.67 bits per heavy atom. The van der Waals surface area contributed by atoms with Gasteiger partial charge in [-0.3, -0.25) is 14.9 Å². The van der Waals surface area contributed by atoms with Crippen LogP contribution in [-0.4, -0.2) is 21.6 Å². The largest absolute Gasteiger partial charge is 0.462 e. The number of nitrogens with zero attached hydrogens (tertiary/aromatic N) is 2. The summed E-state index contributed by atoms with van der Waals surface area (Å²) in [5.74, 6) is -0.407. The number of hydrogen-bond acceptors (Lipinski definition) is 4. The second-order valence-corrected chi connectivity index (χ2v) is 3.34. The van der Waals surface area contributed by atoms with Gasteiger partial charge in [-0.25, -0.2) is 0 Å². The predicted octanol–water partition coefficient (Wildman–Crippen LogP) is 1.35. The van der Waals surface area contributed by atoms with Gasteiger partial charge in [-0.15, -0.1) is 0 Å². The zero-order valence-corrected chi connectivity index (χ0v) is 8.54. The standard InChI is InChI=1S/C9H12N2O4/c1-7(2)15-9(12)6-10-4-3-8(5-10)11(13)14/h3-5,7H,6H2,1-2H3. The molecule has 0 aliphatic rings. The van der Waals surface area contributed by atoms with Crippen LogP contribution in [0.15, 0.2) is 18.5 Å². The minimum atomic E-state index is -0.510. The molecule has 0 bridgehead atoms. The third-order valence-corrected chi connectivity index (χ3v) is 1.62. The molecule has 0 fully saturated rings. The predicted molar refractivity (Wildman–Crippen MR) is 52.3 cm³/mol. The van der Waals surface area contributed by atoms with Crippen molar-refractivity contribution in [2.24, 2.45) is 0 Å². The highest BCUT2D eigenvalue weighted by atomic mass is 16.6. The van der Waals surface area contributed by atoms with Crippen LogP contribution in [0.3, 0.4) is 0 Å². The lowest BCUT2D eigenvalue weighted by Crippen LogP contribution is -2.16. The number of esters is 1. The number of ether oxygens (including phenoxy) is 1. The number of hydrogen-bond donors (Lipinski definition) is 0. The van der Waals surface area contributed by atoms with Crippen LogP contribution in [0, 0.1) is 10.1 Å². The van der Waals surface area contributed by atoms with Gasteiger partial charge in [0.15, 0.2) is 0 Å². The first-order chi connectivity index (χ1) is 6.99. The summed E-state index contributed by atoms with van der Waals surface area (Å²) in [6.07, 6.45) is 2.59. The number of carbonyl (C=O) groups excluding carboxylic acids is 1. The Morgan fingerprint density at radius 3 is 2.80 bits per heavy atom. The molecule has 0 aliphatic carbocycles. The summed E-state index contributed by atoms with van der Waals surface area (Å²) in [6.45, 7) is 3.48. The Morgan fingerprint density at radius 2 is 2.33 bits per heavy atom. The average molecular weight is 212 g/mol. The van der Waals surface area contributed by atoms with E-state index in [1.54, 1.807) is 13.8 Å². The second-order valence-electron chi connectivity index (χ2n) is 3.34. The fourth-order valence-electron chi connectivity index (χ4n) is 1.08. The molecule has 0 unspecified atom stereocenters. The van der Waals surface area contributed by atoms with Gasteiger partial charge < -0.3 is 9.30 Å². The highest BCUT2D eigenvalue weighted by Crippen LogP contribution is 2.10. The smallest absolute Gasteiger partial charge is 0.326 e. The first kappa shape index (κ1) is 11.2. The molecule has 0 N–H and O–H groups in total. The van der Waals surface area contributed by atoms with Crippen molar-refractivity contribution < 1.29 is 14.5 Å². The van der Waals surface area contributed by atoms with E-state index >= 15 is 0 Å². The molecule has 0 aromatic carbocycles. The summed E-state index contributed by atoms with van der Waals surface area (Å²) in [5, 5.41) is 10.4. The molecule has 0 radical (unpaired) electrons. The molecule has 1 aromatic heterocycles. The van der Waals surface area contributed by atoms with Gasteiger partial charge in [-0.1, -0.05) is 0 Å². The first-order valence-electron chi connectivity index (χ1n) is 4.48. The molecule has 6 nitrogen and oxygen atoms in total. The molecule has 1 aromatic rings. The minimum absolute atomic E-state index is 0.00792. The Balaban J connectivity index is 2.57. The second kappa shape index (κ2) is 4.59. The van der Waals surface area contributed by atoms with Crippen LogP contribution in [0.5, 0.6) is 0 Å². The van der Waals surface area contributed by atoms with Gasteiger partial charge in [0, 0.05) is 12.3 Å². The van der Waals surface area contributed by atoms with Gasteiger partial charge in [0.25, 0.3) is 5.69 Å². The summed E-state index contributed by atoms with van der Waals surface area (Å²) < 4.78 is 6.31. The van der Waals surface area contributed by atoms with Gasteiger partial charge in [0.1, 0.15) is 6.54 Å². The number of aromatic nitrogens is 1. The summed E-state index contributed by atoms with van der Waals surface area (Å²) in [4.78, 5) is 21.0. The van der Waals surface area contributed by atoms with Crippen LogP contribution in [-0.2, 0) is 16.1 Å². The van der Waals surface area contributed by atoms with E-state index in [0.29, 0.717) is 0 Å². The quantitative estimate of drug-likeness (QED) is 0.429. The van der Waals surface area contributed by atoms with E-state index in [-0.39, 0.29) is 18.3 Å². The molecule has 0 atom stereocenters. The average Bonchev–Trinajstić information content (AvgIpc) is 2.50. The van der Waals surface area contributed by atoms with E-state index in [0.717, 1.165) is 0 Å². The van der Waals surface area contributed by atoms with Crippen LogP contribution >= 0.6 is 0 Å². The highest BCUT2D eigenvalue weighted by molar-refractivity contribution is 5.69. The van der Waals surface area contributed by atoms with E-state index in [9.17, 15) is 14.9 Å². The molecular formula is C9H12N2O4. The van der Waals surface area contributed by atoms with Crippen molar-refractivity contribution in [3.05, 3.63) is 28.6 Å². The van der Waals surface area contributed by atoms with Crippen LogP contribution in [0.2, 0.25) is 0 Å². The van der Waals surface area contributed by atoms with Gasteiger partial charge in [0.2, 0.25) is 0 Å². The molecule has 15 heavy (non-hydrogen) atoms. The van der Waals surface area contributed by atoms with E-state index in [1.165, 1.54) is 23.0 Å². The normalized spacial score (nSPS) is 10.3. The van der Waals surface area contributed by atoms with Gasteiger partial charge in [0.05, 0.1) is 17.2 Å². The SMILES string of the molecule is CC(C)OC(=O)Cn1ccc([N+](=O)[O-])c1. The van der Waals surface area contributed by atoms with Crippen molar-refractivity contribution >= 4 is 11.7 Å². The minimum Gasteiger partial charge on any atom is -0.462 e. The fourth-order valence-corrected chi connectivity index (χ4v) is 1.08. The third-order valence-electron chi connectivity index (χ3n) is 1.62. The summed E-state index contributed by atoms with van der Waals surface area (Å²) in [7, 11) is 0. The number of nitro groups is 1. The summed E-state index contributed by atoms with van der Waals surface area (Å²) in [5.41, 5.74) is -0.0349. The highest BCUT2D eigenvalue weighted by Gasteiger charge is 2.10. The van der Waals surface area contributed by atoms with E-state index in [1.807, 2.05) is 0 Å². The topological polar surface area (TPSA) is 74.4 Å². The van der Waals surface area contributed by atoms with Gasteiger partial charge in [-0.05, 0) is 13.8 Å². The monoisotopic (exact) mass is 212 g/mol. The maximum absolute atomic E-state index is 11.2. The summed E-state index contributed by atoms with van der Waals surface area (Å²) >= 11 is 0. The fraction of sp³-hybridized carbons (Fsp3) is 0.444. The Hall–Kier alpha value is -1.85. The van der Waals surface area contributed by atoms with Crippen LogP contribution in [0.1, 0.15) is 13.8 Å². The Labute approximate surface area is 86.6 Å². The van der Waals surface area contributed by atoms with Crippen molar-refractivity contribution in [1.29, 1.82) is 0 Å². The van der Waals surface area contributed by atoms with Crippen LogP contribution in [0.25, 0.3) is 0 Å². The molecule has 0 amide bonds. The summed E-state index contributed by atoms with van der Waals surface area (Å²) in [6, 6.07) is 1.34. The molecule has 0 saturated carbocycles. The lowest BCUT2D eigenvalue weighted by Gasteiger charge is -2.07. The lowest BCUT2D eigenvalue weighted by molar-refractivity contribution is -0.384. The molecule has 0 saturated heterocycles. The zero-order valence-electron chi connectivity index (χ0n) is 8.54. The number of rotatable bonds is 4. The first-order valence-corrected chi connectivity index (χ1v) is 4.48. The lowest BCUT2D eigenvalue weighted by atomic mass is 10.5. The van der Waals surface area contributed by atoms with Crippen molar-refractivity contribution in [3.63, 3.8) is 0 Å². The van der Waals surface area contributed by atoms with Crippen molar-refractivity contribution in [1.82, 2.24) is 4.57 Å². The third kappa shape index (κ3) is 3.41. The number of carbonyl (C=O) groups is 1. The molecule has 82 valence electrons. The van der Waals surface area contributed by atoms with E-state index in [2.05, 4.69) is 0 Å². The van der Waals surface area contributed by atoms with Crippen LogP contribution < -0.4 is 0 Å². The molecule has 1 heterocycles. The van der Waals surface area contributed by atoms with Crippen LogP contribution in [0.4, 0.5) is 5.69 Å². The van der Waals surface area contributed by atoms with Gasteiger partial charge in [-0.2, -0.15) is 0 Å².